The third-order valence-corrected chi connectivity index (χ3v) is 4.88. The Balaban J connectivity index is 1.59. The summed E-state index contributed by atoms with van der Waals surface area (Å²) in [5.74, 6) is 1.69. The van der Waals surface area contributed by atoms with Gasteiger partial charge in [0.25, 0.3) is 0 Å². The summed E-state index contributed by atoms with van der Waals surface area (Å²) >= 11 is 1.42. The molecule has 1 aromatic heterocycles. The van der Waals surface area contributed by atoms with Crippen LogP contribution in [0, 0.1) is 0 Å². The number of aromatic nitrogens is 3. The van der Waals surface area contributed by atoms with Crippen molar-refractivity contribution in [1.82, 2.24) is 25.0 Å². The standard InChI is InChI=1S/C14H21N5O2S/c1-15-11(20)7-18(2)12(21)8-22-14-17-16-13(9-3-4-9)19(14)10-5-6-10/h9-10H,3-8H2,1-2H3,(H,15,20). The third-order valence-electron chi connectivity index (χ3n) is 3.96. The van der Waals surface area contributed by atoms with Crippen molar-refractivity contribution < 1.29 is 9.59 Å². The Hall–Kier alpha value is -1.57. The molecule has 0 saturated heterocycles. The minimum Gasteiger partial charge on any atom is -0.358 e. The van der Waals surface area contributed by atoms with Gasteiger partial charge in [0.2, 0.25) is 11.8 Å². The van der Waals surface area contributed by atoms with Gasteiger partial charge in [0.05, 0.1) is 12.3 Å². The van der Waals surface area contributed by atoms with Crippen molar-refractivity contribution in [3.63, 3.8) is 0 Å². The number of hydrogen-bond donors (Lipinski definition) is 1. The first-order chi connectivity index (χ1) is 10.6. The van der Waals surface area contributed by atoms with Gasteiger partial charge in [-0.1, -0.05) is 11.8 Å². The molecule has 8 heteroatoms. The zero-order chi connectivity index (χ0) is 15.7. The van der Waals surface area contributed by atoms with E-state index in [9.17, 15) is 9.59 Å². The summed E-state index contributed by atoms with van der Waals surface area (Å²) in [6, 6.07) is 0.520. The average molecular weight is 323 g/mol. The number of nitrogens with one attached hydrogen (secondary N) is 1. The quantitative estimate of drug-likeness (QED) is 0.750. The lowest BCUT2D eigenvalue weighted by Gasteiger charge is -2.15. The van der Waals surface area contributed by atoms with E-state index in [1.165, 1.54) is 42.3 Å². The van der Waals surface area contributed by atoms with Gasteiger partial charge in [-0.3, -0.25) is 9.59 Å². The lowest BCUT2D eigenvalue weighted by atomic mass is 10.4. The van der Waals surface area contributed by atoms with Crippen molar-refractivity contribution in [2.24, 2.45) is 0 Å². The minimum absolute atomic E-state index is 0.0769. The van der Waals surface area contributed by atoms with Crippen molar-refractivity contribution in [2.75, 3.05) is 26.4 Å². The molecule has 2 saturated carbocycles. The van der Waals surface area contributed by atoms with Crippen LogP contribution in [0.3, 0.4) is 0 Å². The van der Waals surface area contributed by atoms with Gasteiger partial charge >= 0.3 is 0 Å². The maximum absolute atomic E-state index is 12.1. The Bertz CT molecular complexity index is 580. The Morgan fingerprint density at radius 2 is 2.05 bits per heavy atom. The van der Waals surface area contributed by atoms with Crippen LogP contribution < -0.4 is 5.32 Å². The number of thioether (sulfide) groups is 1. The van der Waals surface area contributed by atoms with Crippen LogP contribution in [0.2, 0.25) is 0 Å². The summed E-state index contributed by atoms with van der Waals surface area (Å²) in [6.45, 7) is 0.0819. The lowest BCUT2D eigenvalue weighted by molar-refractivity contribution is -0.132. The molecule has 0 spiro atoms. The van der Waals surface area contributed by atoms with Gasteiger partial charge in [-0.2, -0.15) is 0 Å². The predicted molar refractivity (Wildman–Crippen MR) is 82.7 cm³/mol. The summed E-state index contributed by atoms with van der Waals surface area (Å²) in [5, 5.41) is 12.0. The van der Waals surface area contributed by atoms with E-state index >= 15 is 0 Å². The van der Waals surface area contributed by atoms with Crippen LogP contribution in [-0.4, -0.2) is 57.9 Å². The second-order valence-electron chi connectivity index (χ2n) is 5.93. The van der Waals surface area contributed by atoms with Gasteiger partial charge in [-0.25, -0.2) is 0 Å². The van der Waals surface area contributed by atoms with E-state index in [4.69, 9.17) is 0 Å². The molecule has 2 fully saturated rings. The zero-order valence-electron chi connectivity index (χ0n) is 12.9. The molecule has 0 unspecified atom stereocenters. The number of hydrogen-bond acceptors (Lipinski definition) is 5. The highest BCUT2D eigenvalue weighted by atomic mass is 32.2. The van der Waals surface area contributed by atoms with E-state index in [-0.39, 0.29) is 24.1 Å². The largest absolute Gasteiger partial charge is 0.358 e. The fraction of sp³-hybridized carbons (Fsp3) is 0.714. The zero-order valence-corrected chi connectivity index (χ0v) is 13.7. The van der Waals surface area contributed by atoms with Crippen molar-refractivity contribution >= 4 is 23.6 Å². The maximum atomic E-state index is 12.1. The third kappa shape index (κ3) is 3.43. The van der Waals surface area contributed by atoms with Crippen LogP contribution in [-0.2, 0) is 9.59 Å². The molecule has 0 radical (unpaired) electrons. The predicted octanol–water partition coefficient (Wildman–Crippen LogP) is 0.787. The van der Waals surface area contributed by atoms with Crippen molar-refractivity contribution in [1.29, 1.82) is 0 Å². The van der Waals surface area contributed by atoms with Crippen LogP contribution in [0.5, 0.6) is 0 Å². The molecule has 1 N–H and O–H groups in total. The van der Waals surface area contributed by atoms with E-state index in [2.05, 4.69) is 20.1 Å². The number of nitrogens with zero attached hydrogens (tertiary/aromatic N) is 4. The van der Waals surface area contributed by atoms with E-state index in [1.807, 2.05) is 0 Å². The Kier molecular flexibility index (Phi) is 4.37. The molecule has 1 aromatic rings. The fourth-order valence-electron chi connectivity index (χ4n) is 2.30. The number of amides is 2. The van der Waals surface area contributed by atoms with E-state index in [0.29, 0.717) is 12.0 Å². The fourth-order valence-corrected chi connectivity index (χ4v) is 3.25. The van der Waals surface area contributed by atoms with Gasteiger partial charge in [0.1, 0.15) is 5.82 Å². The Morgan fingerprint density at radius 1 is 1.32 bits per heavy atom. The first-order valence-electron chi connectivity index (χ1n) is 7.62. The summed E-state index contributed by atoms with van der Waals surface area (Å²) in [7, 11) is 3.20. The molecule has 0 bridgehead atoms. The Labute approximate surface area is 133 Å². The number of likely N-dealkylation sites (N-methyl/N-ethyl adjacent to an activating group) is 2. The van der Waals surface area contributed by atoms with Gasteiger partial charge in [0.15, 0.2) is 5.16 Å². The molecule has 0 aliphatic heterocycles. The molecule has 2 aliphatic rings. The molecule has 3 rings (SSSR count). The van der Waals surface area contributed by atoms with Crippen LogP contribution in [0.25, 0.3) is 0 Å². The first-order valence-corrected chi connectivity index (χ1v) is 8.61. The number of carbonyl (C=O) groups excluding carboxylic acids is 2. The monoisotopic (exact) mass is 323 g/mol. The highest BCUT2D eigenvalue weighted by molar-refractivity contribution is 7.99. The second kappa shape index (κ2) is 6.28. The van der Waals surface area contributed by atoms with Crippen LogP contribution in [0.4, 0.5) is 0 Å². The molecule has 0 atom stereocenters. The summed E-state index contributed by atoms with van der Waals surface area (Å²) in [5.41, 5.74) is 0. The highest BCUT2D eigenvalue weighted by Crippen LogP contribution is 2.45. The van der Waals surface area contributed by atoms with E-state index in [1.54, 1.807) is 14.1 Å². The summed E-state index contributed by atoms with van der Waals surface area (Å²) in [4.78, 5) is 24.8. The van der Waals surface area contributed by atoms with Gasteiger partial charge in [0, 0.05) is 26.1 Å². The van der Waals surface area contributed by atoms with E-state index < -0.39 is 0 Å². The van der Waals surface area contributed by atoms with Crippen LogP contribution in [0.1, 0.15) is 43.5 Å². The number of carbonyl (C=O) groups is 2. The maximum Gasteiger partial charge on any atom is 0.239 e. The number of rotatable bonds is 7. The van der Waals surface area contributed by atoms with Gasteiger partial charge in [-0.05, 0) is 25.7 Å². The first kappa shape index (κ1) is 15.3. The van der Waals surface area contributed by atoms with Crippen molar-refractivity contribution in [3.8, 4) is 0 Å². The van der Waals surface area contributed by atoms with Gasteiger partial charge < -0.3 is 14.8 Å². The molecule has 22 heavy (non-hydrogen) atoms. The molecular formula is C14H21N5O2S. The summed E-state index contributed by atoms with van der Waals surface area (Å²) < 4.78 is 2.23. The second-order valence-corrected chi connectivity index (χ2v) is 6.87. The van der Waals surface area contributed by atoms with E-state index in [0.717, 1.165) is 11.0 Å². The SMILES string of the molecule is CNC(=O)CN(C)C(=O)CSc1nnc(C2CC2)n1C1CC1. The van der Waals surface area contributed by atoms with Crippen LogP contribution in [0.15, 0.2) is 5.16 Å². The molecule has 2 aliphatic carbocycles. The normalized spacial score (nSPS) is 17.4. The van der Waals surface area contributed by atoms with Gasteiger partial charge in [-0.15, -0.1) is 10.2 Å². The molecular weight excluding hydrogens is 302 g/mol. The molecule has 0 aromatic carbocycles. The average Bonchev–Trinajstić information content (AvgIpc) is 3.43. The smallest absolute Gasteiger partial charge is 0.239 e. The molecule has 1 heterocycles. The molecule has 7 nitrogen and oxygen atoms in total. The highest BCUT2D eigenvalue weighted by Gasteiger charge is 2.36. The van der Waals surface area contributed by atoms with Crippen molar-refractivity contribution in [2.45, 2.75) is 42.8 Å². The molecule has 120 valence electrons. The minimum atomic E-state index is -0.169. The molecule has 2 amide bonds. The lowest BCUT2D eigenvalue weighted by Crippen LogP contribution is -2.37. The van der Waals surface area contributed by atoms with Crippen molar-refractivity contribution in [3.05, 3.63) is 5.82 Å². The Morgan fingerprint density at radius 3 is 2.64 bits per heavy atom. The summed E-state index contributed by atoms with van der Waals surface area (Å²) in [6.07, 6.45) is 4.75. The topological polar surface area (TPSA) is 80.1 Å². The van der Waals surface area contributed by atoms with Crippen LogP contribution >= 0.6 is 11.8 Å².